The first-order valence-corrected chi connectivity index (χ1v) is 5.88. The highest BCUT2D eigenvalue weighted by atomic mass is 16.5. The maximum Gasteiger partial charge on any atom is 0.337 e. The van der Waals surface area contributed by atoms with E-state index in [0.717, 1.165) is 25.3 Å². The highest BCUT2D eigenvalue weighted by Gasteiger charge is 2.18. The second-order valence-corrected chi connectivity index (χ2v) is 4.28. The van der Waals surface area contributed by atoms with E-state index >= 15 is 0 Å². The molecule has 4 nitrogen and oxygen atoms in total. The molecule has 0 spiro atoms. The van der Waals surface area contributed by atoms with Gasteiger partial charge in [0.1, 0.15) is 0 Å². The molecule has 0 bridgehead atoms. The Kier molecular flexibility index (Phi) is 3.64. The zero-order valence-electron chi connectivity index (χ0n) is 10.3. The van der Waals surface area contributed by atoms with Crippen molar-refractivity contribution in [3.63, 3.8) is 0 Å². The van der Waals surface area contributed by atoms with Gasteiger partial charge in [0, 0.05) is 31.4 Å². The zero-order valence-corrected chi connectivity index (χ0v) is 10.3. The molecule has 4 heteroatoms. The topological polar surface area (TPSA) is 41.6 Å². The van der Waals surface area contributed by atoms with E-state index in [1.165, 1.54) is 7.11 Å². The van der Waals surface area contributed by atoms with Crippen LogP contribution in [0.1, 0.15) is 17.3 Å². The molecule has 92 valence electrons. The van der Waals surface area contributed by atoms with Crippen molar-refractivity contribution in [1.29, 1.82) is 0 Å². The molecule has 1 aliphatic heterocycles. The predicted octanol–water partition coefficient (Wildman–Crippen LogP) is 1.27. The van der Waals surface area contributed by atoms with Crippen molar-refractivity contribution in [3.8, 4) is 0 Å². The second kappa shape index (κ2) is 5.19. The van der Waals surface area contributed by atoms with Crippen LogP contribution < -0.4 is 10.2 Å². The molecular weight excluding hydrogens is 216 g/mol. The molecule has 1 fully saturated rings. The lowest BCUT2D eigenvalue weighted by Gasteiger charge is -2.35. The van der Waals surface area contributed by atoms with Crippen molar-refractivity contribution in [2.45, 2.75) is 13.0 Å². The summed E-state index contributed by atoms with van der Waals surface area (Å²) >= 11 is 0. The number of nitrogens with zero attached hydrogens (tertiary/aromatic N) is 1. The Bertz CT molecular complexity index is 389. The summed E-state index contributed by atoms with van der Waals surface area (Å²) in [5, 5.41) is 3.36. The Morgan fingerprint density at radius 1 is 1.41 bits per heavy atom. The number of nitrogens with one attached hydrogen (secondary N) is 1. The van der Waals surface area contributed by atoms with E-state index in [1.54, 1.807) is 0 Å². The standard InChI is InChI=1S/C13H18N2O2/c1-10-9-14-7-8-15(10)12-5-3-11(4-6-12)13(16)17-2/h3-6,10,14H,7-9H2,1-2H3/t10-/m1/s1. The van der Waals surface area contributed by atoms with Crippen molar-refractivity contribution in [3.05, 3.63) is 29.8 Å². The smallest absolute Gasteiger partial charge is 0.337 e. The Hall–Kier alpha value is -1.55. The van der Waals surface area contributed by atoms with Crippen LogP contribution in [-0.4, -0.2) is 38.8 Å². The first-order valence-electron chi connectivity index (χ1n) is 5.88. The molecule has 2 rings (SSSR count). The zero-order chi connectivity index (χ0) is 12.3. The van der Waals surface area contributed by atoms with Gasteiger partial charge in [0.15, 0.2) is 0 Å². The fourth-order valence-electron chi connectivity index (χ4n) is 2.13. The molecule has 1 aromatic carbocycles. The minimum atomic E-state index is -0.287. The molecule has 1 atom stereocenters. The van der Waals surface area contributed by atoms with E-state index in [-0.39, 0.29) is 5.97 Å². The number of esters is 1. The van der Waals surface area contributed by atoms with E-state index in [0.29, 0.717) is 11.6 Å². The van der Waals surface area contributed by atoms with E-state index < -0.39 is 0 Å². The van der Waals surface area contributed by atoms with Gasteiger partial charge in [0.25, 0.3) is 0 Å². The van der Waals surface area contributed by atoms with Crippen LogP contribution in [0.15, 0.2) is 24.3 Å². The summed E-state index contributed by atoms with van der Waals surface area (Å²) in [6, 6.07) is 8.07. The number of hydrogen-bond donors (Lipinski definition) is 1. The van der Waals surface area contributed by atoms with Crippen LogP contribution >= 0.6 is 0 Å². The lowest BCUT2D eigenvalue weighted by atomic mass is 10.1. The number of anilines is 1. The first-order chi connectivity index (χ1) is 8.22. The van der Waals surface area contributed by atoms with Gasteiger partial charge in [0.2, 0.25) is 0 Å². The van der Waals surface area contributed by atoms with Crippen LogP contribution in [0.4, 0.5) is 5.69 Å². The SMILES string of the molecule is COC(=O)c1ccc(N2CCNC[C@H]2C)cc1. The molecule has 0 aliphatic carbocycles. The molecule has 1 aromatic rings. The molecule has 0 amide bonds. The number of benzene rings is 1. The monoisotopic (exact) mass is 234 g/mol. The van der Waals surface area contributed by atoms with Crippen molar-refractivity contribution >= 4 is 11.7 Å². The summed E-state index contributed by atoms with van der Waals surface area (Å²) in [5.41, 5.74) is 1.76. The molecule has 0 saturated carbocycles. The van der Waals surface area contributed by atoms with Gasteiger partial charge in [-0.15, -0.1) is 0 Å². The van der Waals surface area contributed by atoms with Crippen LogP contribution in [0.3, 0.4) is 0 Å². The number of methoxy groups -OCH3 is 1. The van der Waals surface area contributed by atoms with Crippen molar-refractivity contribution in [2.75, 3.05) is 31.6 Å². The molecule has 1 N–H and O–H groups in total. The van der Waals surface area contributed by atoms with Crippen LogP contribution in [0.25, 0.3) is 0 Å². The number of hydrogen-bond acceptors (Lipinski definition) is 4. The molecule has 0 radical (unpaired) electrons. The Morgan fingerprint density at radius 3 is 2.71 bits per heavy atom. The van der Waals surface area contributed by atoms with Gasteiger partial charge >= 0.3 is 5.97 Å². The van der Waals surface area contributed by atoms with E-state index in [2.05, 4.69) is 21.9 Å². The van der Waals surface area contributed by atoms with Crippen molar-refractivity contribution in [2.24, 2.45) is 0 Å². The Morgan fingerprint density at radius 2 is 2.12 bits per heavy atom. The van der Waals surface area contributed by atoms with Gasteiger partial charge in [-0.05, 0) is 31.2 Å². The van der Waals surface area contributed by atoms with Gasteiger partial charge in [-0.2, -0.15) is 0 Å². The minimum Gasteiger partial charge on any atom is -0.465 e. The number of ether oxygens (including phenoxy) is 1. The molecule has 17 heavy (non-hydrogen) atoms. The van der Waals surface area contributed by atoms with E-state index in [1.807, 2.05) is 24.3 Å². The summed E-state index contributed by atoms with van der Waals surface area (Å²) in [5.74, 6) is -0.287. The maximum absolute atomic E-state index is 11.3. The predicted molar refractivity (Wildman–Crippen MR) is 67.5 cm³/mol. The minimum absolute atomic E-state index is 0.287. The maximum atomic E-state index is 11.3. The first kappa shape index (κ1) is 11.9. The molecule has 0 aromatic heterocycles. The molecule has 1 aliphatic rings. The van der Waals surface area contributed by atoms with Crippen LogP contribution in [0.5, 0.6) is 0 Å². The average molecular weight is 234 g/mol. The van der Waals surface area contributed by atoms with E-state index in [9.17, 15) is 4.79 Å². The summed E-state index contributed by atoms with van der Waals surface area (Å²) < 4.78 is 4.68. The highest BCUT2D eigenvalue weighted by Crippen LogP contribution is 2.19. The molecular formula is C13H18N2O2. The van der Waals surface area contributed by atoms with Crippen LogP contribution in [0.2, 0.25) is 0 Å². The number of piperazine rings is 1. The largest absolute Gasteiger partial charge is 0.465 e. The molecule has 1 heterocycles. The summed E-state index contributed by atoms with van der Waals surface area (Å²) in [6.07, 6.45) is 0. The Labute approximate surface area is 102 Å². The molecule has 1 saturated heterocycles. The summed E-state index contributed by atoms with van der Waals surface area (Å²) in [7, 11) is 1.40. The third-order valence-corrected chi connectivity index (χ3v) is 3.12. The summed E-state index contributed by atoms with van der Waals surface area (Å²) in [6.45, 7) is 5.20. The van der Waals surface area contributed by atoms with Crippen LogP contribution in [-0.2, 0) is 4.74 Å². The number of rotatable bonds is 2. The molecule has 0 unspecified atom stereocenters. The van der Waals surface area contributed by atoms with Gasteiger partial charge in [0.05, 0.1) is 12.7 Å². The third kappa shape index (κ3) is 2.58. The van der Waals surface area contributed by atoms with Crippen molar-refractivity contribution < 1.29 is 9.53 Å². The second-order valence-electron chi connectivity index (χ2n) is 4.28. The van der Waals surface area contributed by atoms with Crippen LogP contribution in [0, 0.1) is 0 Å². The number of carbonyl (C=O) groups is 1. The lowest BCUT2D eigenvalue weighted by Crippen LogP contribution is -2.49. The fraction of sp³-hybridized carbons (Fsp3) is 0.462. The van der Waals surface area contributed by atoms with Gasteiger partial charge in [-0.3, -0.25) is 0 Å². The van der Waals surface area contributed by atoms with Gasteiger partial charge < -0.3 is 15.0 Å². The van der Waals surface area contributed by atoms with Gasteiger partial charge in [-0.25, -0.2) is 4.79 Å². The quantitative estimate of drug-likeness (QED) is 0.782. The van der Waals surface area contributed by atoms with Crippen molar-refractivity contribution in [1.82, 2.24) is 5.32 Å². The normalized spacial score (nSPS) is 20.1. The lowest BCUT2D eigenvalue weighted by molar-refractivity contribution is 0.0601. The Balaban J connectivity index is 2.14. The fourth-order valence-corrected chi connectivity index (χ4v) is 2.13. The highest BCUT2D eigenvalue weighted by molar-refractivity contribution is 5.89. The van der Waals surface area contributed by atoms with E-state index in [4.69, 9.17) is 0 Å². The average Bonchev–Trinajstić information content (AvgIpc) is 2.39. The third-order valence-electron chi connectivity index (χ3n) is 3.12. The van der Waals surface area contributed by atoms with Gasteiger partial charge in [-0.1, -0.05) is 0 Å². The summed E-state index contributed by atoms with van der Waals surface area (Å²) in [4.78, 5) is 13.7. The number of carbonyl (C=O) groups excluding carboxylic acids is 1.